The Morgan fingerprint density at radius 1 is 0.455 bits per heavy atom. The van der Waals surface area contributed by atoms with Gasteiger partial charge in [-0.1, -0.05) is 136 Å². The molecule has 8 nitrogen and oxygen atoms in total. The van der Waals surface area contributed by atoms with Crippen molar-refractivity contribution in [2.24, 2.45) is 5.92 Å². The van der Waals surface area contributed by atoms with Crippen molar-refractivity contribution in [2.45, 2.75) is 58.8 Å². The summed E-state index contributed by atoms with van der Waals surface area (Å²) in [7, 11) is 0. The second-order valence-electron chi connectivity index (χ2n) is 17.7. The van der Waals surface area contributed by atoms with E-state index < -0.39 is 0 Å². The Balaban J connectivity index is 1.11. The maximum Gasteiger partial charge on any atom is 0.179 e. The molecule has 12 rings (SSSR count). The second-order valence-corrected chi connectivity index (χ2v) is 17.7. The normalized spacial score (nSPS) is 18.3. The minimum atomic E-state index is -0.311. The van der Waals surface area contributed by atoms with Crippen molar-refractivity contribution in [3.8, 4) is 22.3 Å². The van der Waals surface area contributed by atoms with Crippen molar-refractivity contribution < 1.29 is 0 Å². The van der Waals surface area contributed by atoms with E-state index in [2.05, 4.69) is 205 Å². The predicted octanol–water partition coefficient (Wildman–Crippen LogP) is 13.9. The van der Waals surface area contributed by atoms with Crippen LogP contribution in [0, 0.1) is 12.8 Å². The van der Waals surface area contributed by atoms with Crippen LogP contribution >= 0.6 is 0 Å². The molecule has 0 bridgehead atoms. The average molecular weight is 859 g/mol. The first-order valence-corrected chi connectivity index (χ1v) is 23.3. The van der Waals surface area contributed by atoms with E-state index in [0.717, 1.165) is 69.9 Å². The van der Waals surface area contributed by atoms with Gasteiger partial charge in [-0.3, -0.25) is 0 Å². The zero-order chi connectivity index (χ0) is 44.5. The molecule has 4 atom stereocenters. The van der Waals surface area contributed by atoms with Gasteiger partial charge >= 0.3 is 0 Å². The van der Waals surface area contributed by atoms with E-state index in [1.165, 1.54) is 44.5 Å². The van der Waals surface area contributed by atoms with Crippen LogP contribution in [0.15, 0.2) is 182 Å². The quantitative estimate of drug-likeness (QED) is 0.150. The summed E-state index contributed by atoms with van der Waals surface area (Å²) < 4.78 is 0. The van der Waals surface area contributed by atoms with Gasteiger partial charge in [0, 0.05) is 41.1 Å². The molecule has 8 heteroatoms. The van der Waals surface area contributed by atoms with Gasteiger partial charge in [-0.25, -0.2) is 19.9 Å². The number of hydrogen-bond acceptors (Lipinski definition) is 8. The summed E-state index contributed by atoms with van der Waals surface area (Å²) in [6.45, 7) is 9.11. The van der Waals surface area contributed by atoms with Gasteiger partial charge in [0.1, 0.15) is 12.3 Å². The van der Waals surface area contributed by atoms with Gasteiger partial charge in [-0.2, -0.15) is 0 Å². The van der Waals surface area contributed by atoms with Gasteiger partial charge < -0.3 is 19.6 Å². The SMILES string of the molecule is CCc1ccccc1-c1ccc(N2c3nccnc3N(c3ccc(-c4ccccc4CC)cc3C)C2C2C(C)c3ccccc3N3c4nc5ccccc5nc4N(c4ccccc4)C23)cc1. The third kappa shape index (κ3) is 6.19. The molecule has 0 fully saturated rings. The fraction of sp³-hybridized carbons (Fsp3) is 0.172. The summed E-state index contributed by atoms with van der Waals surface area (Å²) >= 11 is 0. The van der Waals surface area contributed by atoms with Crippen LogP contribution in [0.25, 0.3) is 33.3 Å². The lowest BCUT2D eigenvalue weighted by molar-refractivity contribution is 0.301. The number of anilines is 8. The van der Waals surface area contributed by atoms with Gasteiger partial charge in [0.05, 0.1) is 11.0 Å². The number of para-hydroxylation sites is 4. The molecule has 9 aromatic rings. The highest BCUT2D eigenvalue weighted by atomic mass is 15.5. The maximum atomic E-state index is 5.48. The van der Waals surface area contributed by atoms with Crippen molar-refractivity contribution in [3.63, 3.8) is 0 Å². The second kappa shape index (κ2) is 16.0. The molecule has 322 valence electrons. The van der Waals surface area contributed by atoms with E-state index in [0.29, 0.717) is 0 Å². The van der Waals surface area contributed by atoms with E-state index in [-0.39, 0.29) is 24.2 Å². The van der Waals surface area contributed by atoms with Crippen LogP contribution in [0.1, 0.15) is 48.9 Å². The smallest absolute Gasteiger partial charge is 0.179 e. The van der Waals surface area contributed by atoms with Gasteiger partial charge in [-0.15, -0.1) is 0 Å². The lowest BCUT2D eigenvalue weighted by Crippen LogP contribution is -2.59. The van der Waals surface area contributed by atoms with Crippen molar-refractivity contribution in [1.29, 1.82) is 0 Å². The zero-order valence-electron chi connectivity index (χ0n) is 37.6. The van der Waals surface area contributed by atoms with E-state index in [9.17, 15) is 0 Å². The number of nitrogens with zero attached hydrogens (tertiary/aromatic N) is 8. The highest BCUT2D eigenvalue weighted by Gasteiger charge is 2.58. The number of hydrogen-bond donors (Lipinski definition) is 0. The molecular formula is C58H50N8. The van der Waals surface area contributed by atoms with Crippen LogP contribution in [0.5, 0.6) is 0 Å². The third-order valence-electron chi connectivity index (χ3n) is 14.2. The molecule has 0 N–H and O–H groups in total. The number of aryl methyl sites for hydroxylation is 3. The fourth-order valence-corrected chi connectivity index (χ4v) is 11.1. The largest absolute Gasteiger partial charge is 0.301 e. The van der Waals surface area contributed by atoms with E-state index in [1.807, 2.05) is 24.5 Å². The monoisotopic (exact) mass is 858 g/mol. The molecule has 3 aliphatic heterocycles. The Labute approximate surface area is 386 Å². The Bertz CT molecular complexity index is 3280. The predicted molar refractivity (Wildman–Crippen MR) is 270 cm³/mol. The van der Waals surface area contributed by atoms with Crippen LogP contribution in [0.3, 0.4) is 0 Å². The molecule has 5 heterocycles. The van der Waals surface area contributed by atoms with Crippen molar-refractivity contribution >= 4 is 57.1 Å². The molecule has 0 saturated carbocycles. The molecule has 0 aliphatic carbocycles. The van der Waals surface area contributed by atoms with Crippen molar-refractivity contribution in [3.05, 3.63) is 205 Å². The lowest BCUT2D eigenvalue weighted by atomic mass is 9.77. The first-order chi connectivity index (χ1) is 32.5. The Hall–Kier alpha value is -7.84. The first kappa shape index (κ1) is 39.7. The van der Waals surface area contributed by atoms with Gasteiger partial charge in [0.2, 0.25) is 0 Å². The summed E-state index contributed by atoms with van der Waals surface area (Å²) in [5.41, 5.74) is 16.1. The van der Waals surface area contributed by atoms with Crippen LogP contribution < -0.4 is 19.6 Å². The van der Waals surface area contributed by atoms with E-state index in [1.54, 1.807) is 0 Å². The lowest BCUT2D eigenvalue weighted by Gasteiger charge is -2.51. The molecule has 0 saturated heterocycles. The highest BCUT2D eigenvalue weighted by Crippen LogP contribution is 2.60. The van der Waals surface area contributed by atoms with Gasteiger partial charge in [0.25, 0.3) is 0 Å². The Kier molecular flexibility index (Phi) is 9.63. The Morgan fingerprint density at radius 3 is 1.61 bits per heavy atom. The topological polar surface area (TPSA) is 64.5 Å². The van der Waals surface area contributed by atoms with E-state index in [4.69, 9.17) is 19.9 Å². The van der Waals surface area contributed by atoms with Crippen molar-refractivity contribution in [2.75, 3.05) is 19.6 Å². The number of aromatic nitrogens is 4. The van der Waals surface area contributed by atoms with E-state index >= 15 is 0 Å². The minimum Gasteiger partial charge on any atom is -0.301 e. The molecular weight excluding hydrogens is 809 g/mol. The number of fused-ring (bicyclic) bond motifs is 7. The number of benzene rings is 7. The minimum absolute atomic E-state index is 0.0495. The fourth-order valence-electron chi connectivity index (χ4n) is 11.1. The number of rotatable bonds is 8. The maximum absolute atomic E-state index is 5.48. The molecule has 7 aromatic carbocycles. The third-order valence-corrected chi connectivity index (χ3v) is 14.2. The van der Waals surface area contributed by atoms with Crippen LogP contribution in [0.4, 0.5) is 46.0 Å². The van der Waals surface area contributed by atoms with Crippen LogP contribution in [-0.2, 0) is 12.8 Å². The molecule has 3 aliphatic rings. The molecule has 0 amide bonds. The van der Waals surface area contributed by atoms with Gasteiger partial charge in [0.15, 0.2) is 23.3 Å². The standard InChI is InChI=1S/C58H50N8/c1-5-39-18-10-12-23-46(39)41-28-31-44(32-29-41)63-53-54(60-35-34-59-53)65(50-33-30-42(36-37(50)3)47-24-13-11-19-40(47)6-2)57(63)52-38(4)45-22-14-17-27-51(45)66-56-55(61-48-25-15-16-26-49(48)62-56)64(58(52)66)43-20-8-7-9-21-43/h7-36,38,52,57-58H,5-6H2,1-4H3. The van der Waals surface area contributed by atoms with Crippen LogP contribution in [-0.4, -0.2) is 32.3 Å². The highest BCUT2D eigenvalue weighted by molar-refractivity contribution is 5.92. The van der Waals surface area contributed by atoms with Crippen molar-refractivity contribution in [1.82, 2.24) is 19.9 Å². The zero-order valence-corrected chi connectivity index (χ0v) is 37.6. The average Bonchev–Trinajstić information content (AvgIpc) is 3.88. The molecule has 4 unspecified atom stereocenters. The summed E-state index contributed by atoms with van der Waals surface area (Å²) in [4.78, 5) is 31.3. The summed E-state index contributed by atoms with van der Waals surface area (Å²) in [6.07, 6.45) is 5.04. The van der Waals surface area contributed by atoms with Gasteiger partial charge in [-0.05, 0) is 125 Å². The van der Waals surface area contributed by atoms with Crippen LogP contribution in [0.2, 0.25) is 0 Å². The first-order valence-electron chi connectivity index (χ1n) is 23.3. The molecule has 2 aromatic heterocycles. The summed E-state index contributed by atoms with van der Waals surface area (Å²) in [5, 5.41) is 0. The summed E-state index contributed by atoms with van der Waals surface area (Å²) in [6, 6.07) is 61.4. The molecule has 66 heavy (non-hydrogen) atoms. The Morgan fingerprint density at radius 2 is 0.955 bits per heavy atom. The summed E-state index contributed by atoms with van der Waals surface area (Å²) in [5.74, 6) is 3.28. The molecule has 0 radical (unpaired) electrons. The molecule has 0 spiro atoms.